The first kappa shape index (κ1) is 11.0. The van der Waals surface area contributed by atoms with E-state index >= 15 is 0 Å². The van der Waals surface area contributed by atoms with E-state index in [2.05, 4.69) is 33.0 Å². The molecule has 0 bridgehead atoms. The van der Waals surface area contributed by atoms with Crippen LogP contribution in [0.15, 0.2) is 0 Å². The van der Waals surface area contributed by atoms with Crippen molar-refractivity contribution < 1.29 is 1.43 Å². The van der Waals surface area contributed by atoms with Crippen LogP contribution in [0.5, 0.6) is 0 Å². The molecule has 1 N–H and O–H groups in total. The Bertz CT molecular complexity index is 100. The van der Waals surface area contributed by atoms with Crippen molar-refractivity contribution in [2.45, 2.75) is 40.5 Å². The molecule has 0 saturated heterocycles. The maximum Gasteiger partial charge on any atom is 0 e. The van der Waals surface area contributed by atoms with Crippen molar-refractivity contribution in [3.05, 3.63) is 0 Å². The summed E-state index contributed by atoms with van der Waals surface area (Å²) in [5, 5.41) is 3.23. The van der Waals surface area contributed by atoms with Gasteiger partial charge in [-0.25, -0.2) is 0 Å². The van der Waals surface area contributed by atoms with Gasteiger partial charge in [0.15, 0.2) is 0 Å². The summed E-state index contributed by atoms with van der Waals surface area (Å²) in [6, 6.07) is 0. The first-order chi connectivity index (χ1) is 4.98. The van der Waals surface area contributed by atoms with Crippen LogP contribution in [0.25, 0.3) is 0 Å². The molecule has 0 radical (unpaired) electrons. The summed E-state index contributed by atoms with van der Waals surface area (Å²) in [5.74, 6) is 0.839. The standard InChI is InChI=1S/C10H23N.H2/c1-9(2)6-7-10(3,4)8-11-5;/h9,11H,6-8H2,1-5H3;1H. The van der Waals surface area contributed by atoms with Crippen molar-refractivity contribution in [1.29, 1.82) is 0 Å². The normalized spacial score (nSPS) is 12.5. The minimum atomic E-state index is 0. The van der Waals surface area contributed by atoms with E-state index in [1.165, 1.54) is 12.8 Å². The van der Waals surface area contributed by atoms with E-state index in [0.29, 0.717) is 5.41 Å². The van der Waals surface area contributed by atoms with Gasteiger partial charge in [0, 0.05) is 1.43 Å². The minimum absolute atomic E-state index is 0. The van der Waals surface area contributed by atoms with Crippen molar-refractivity contribution in [3.8, 4) is 0 Å². The molecule has 0 aliphatic rings. The second-order valence-electron chi connectivity index (χ2n) is 4.63. The van der Waals surface area contributed by atoms with Crippen molar-refractivity contribution in [2.75, 3.05) is 13.6 Å². The Labute approximate surface area is 73.1 Å². The predicted molar refractivity (Wildman–Crippen MR) is 53.9 cm³/mol. The lowest BCUT2D eigenvalue weighted by Crippen LogP contribution is -2.26. The average molecular weight is 159 g/mol. The second kappa shape index (κ2) is 4.76. The zero-order valence-corrected chi connectivity index (χ0v) is 8.70. The third-order valence-corrected chi connectivity index (χ3v) is 2.05. The van der Waals surface area contributed by atoms with E-state index in [-0.39, 0.29) is 1.43 Å². The third-order valence-electron chi connectivity index (χ3n) is 2.05. The lowest BCUT2D eigenvalue weighted by Gasteiger charge is -2.24. The maximum atomic E-state index is 3.23. The average Bonchev–Trinajstić information content (AvgIpc) is 1.84. The van der Waals surface area contributed by atoms with Crippen LogP contribution in [-0.2, 0) is 0 Å². The van der Waals surface area contributed by atoms with Gasteiger partial charge in [-0.1, -0.05) is 34.1 Å². The molecule has 1 nitrogen and oxygen atoms in total. The molecule has 0 saturated carbocycles. The van der Waals surface area contributed by atoms with Crippen molar-refractivity contribution >= 4 is 0 Å². The van der Waals surface area contributed by atoms with Gasteiger partial charge >= 0.3 is 0 Å². The Morgan fingerprint density at radius 2 is 1.91 bits per heavy atom. The quantitative estimate of drug-likeness (QED) is 0.650. The minimum Gasteiger partial charge on any atom is -0.319 e. The number of hydrogen-bond donors (Lipinski definition) is 1. The Balaban J connectivity index is 0. The summed E-state index contributed by atoms with van der Waals surface area (Å²) < 4.78 is 0. The van der Waals surface area contributed by atoms with Gasteiger partial charge < -0.3 is 5.32 Å². The Kier molecular flexibility index (Phi) is 4.74. The topological polar surface area (TPSA) is 12.0 Å². The smallest absolute Gasteiger partial charge is 0 e. The van der Waals surface area contributed by atoms with Crippen molar-refractivity contribution in [3.63, 3.8) is 0 Å². The molecule has 70 valence electrons. The summed E-state index contributed by atoms with van der Waals surface area (Å²) in [6.07, 6.45) is 2.67. The molecule has 0 heterocycles. The molecule has 0 aliphatic carbocycles. The molecule has 0 fully saturated rings. The fourth-order valence-electron chi connectivity index (χ4n) is 1.25. The van der Waals surface area contributed by atoms with E-state index < -0.39 is 0 Å². The van der Waals surface area contributed by atoms with Gasteiger partial charge in [0.1, 0.15) is 0 Å². The van der Waals surface area contributed by atoms with Crippen LogP contribution in [0, 0.1) is 11.3 Å². The summed E-state index contributed by atoms with van der Waals surface area (Å²) in [7, 11) is 2.02. The molecule has 0 atom stereocenters. The summed E-state index contributed by atoms with van der Waals surface area (Å²) in [6.45, 7) is 10.3. The summed E-state index contributed by atoms with van der Waals surface area (Å²) in [4.78, 5) is 0. The molecule has 0 rings (SSSR count). The van der Waals surface area contributed by atoms with Crippen LogP contribution >= 0.6 is 0 Å². The molecule has 0 unspecified atom stereocenters. The first-order valence-corrected chi connectivity index (χ1v) is 4.62. The highest BCUT2D eigenvalue weighted by Crippen LogP contribution is 2.23. The van der Waals surface area contributed by atoms with Gasteiger partial charge in [0.25, 0.3) is 0 Å². The second-order valence-corrected chi connectivity index (χ2v) is 4.63. The molecule has 0 spiro atoms. The van der Waals surface area contributed by atoms with Gasteiger partial charge in [-0.05, 0) is 31.3 Å². The highest BCUT2D eigenvalue weighted by Gasteiger charge is 2.16. The zero-order chi connectivity index (χ0) is 8.91. The molecule has 0 aromatic heterocycles. The van der Waals surface area contributed by atoms with Crippen molar-refractivity contribution in [2.24, 2.45) is 11.3 Å². The van der Waals surface area contributed by atoms with Crippen molar-refractivity contribution in [1.82, 2.24) is 5.32 Å². The highest BCUT2D eigenvalue weighted by molar-refractivity contribution is 4.70. The third kappa shape index (κ3) is 6.36. The van der Waals surface area contributed by atoms with Gasteiger partial charge in [-0.3, -0.25) is 0 Å². The van der Waals surface area contributed by atoms with E-state index in [9.17, 15) is 0 Å². The van der Waals surface area contributed by atoms with Gasteiger partial charge in [-0.15, -0.1) is 0 Å². The number of rotatable bonds is 5. The maximum absolute atomic E-state index is 3.23. The molecule has 0 amide bonds. The van der Waals surface area contributed by atoms with E-state index in [4.69, 9.17) is 0 Å². The van der Waals surface area contributed by atoms with Crippen LogP contribution in [0.2, 0.25) is 0 Å². The van der Waals surface area contributed by atoms with Gasteiger partial charge in [-0.2, -0.15) is 0 Å². The summed E-state index contributed by atoms with van der Waals surface area (Å²) in [5.41, 5.74) is 0.471. The summed E-state index contributed by atoms with van der Waals surface area (Å²) >= 11 is 0. The van der Waals surface area contributed by atoms with E-state index in [0.717, 1.165) is 12.5 Å². The predicted octanol–water partition coefficient (Wildman–Crippen LogP) is 2.91. The Morgan fingerprint density at radius 1 is 1.36 bits per heavy atom. The van der Waals surface area contributed by atoms with Crippen LogP contribution in [-0.4, -0.2) is 13.6 Å². The molecular formula is C10H25N. The lowest BCUT2D eigenvalue weighted by molar-refractivity contribution is 0.296. The van der Waals surface area contributed by atoms with Crippen LogP contribution in [0.3, 0.4) is 0 Å². The van der Waals surface area contributed by atoms with Gasteiger partial charge in [0.05, 0.1) is 0 Å². The molecule has 1 heteroatoms. The zero-order valence-electron chi connectivity index (χ0n) is 8.70. The van der Waals surface area contributed by atoms with Crippen LogP contribution in [0.1, 0.15) is 42.0 Å². The Morgan fingerprint density at radius 3 is 2.27 bits per heavy atom. The largest absolute Gasteiger partial charge is 0.319 e. The molecule has 11 heavy (non-hydrogen) atoms. The first-order valence-electron chi connectivity index (χ1n) is 4.62. The van der Waals surface area contributed by atoms with Crippen LogP contribution in [0.4, 0.5) is 0 Å². The fraction of sp³-hybridized carbons (Fsp3) is 1.00. The van der Waals surface area contributed by atoms with E-state index in [1.807, 2.05) is 7.05 Å². The number of hydrogen-bond acceptors (Lipinski definition) is 1. The fourth-order valence-corrected chi connectivity index (χ4v) is 1.25. The SMILES string of the molecule is CNCC(C)(C)CCC(C)C.[HH]. The van der Waals surface area contributed by atoms with Gasteiger partial charge in [0.2, 0.25) is 0 Å². The highest BCUT2D eigenvalue weighted by atomic mass is 14.8. The molecule has 0 aliphatic heterocycles. The lowest BCUT2D eigenvalue weighted by atomic mass is 9.85. The molecule has 0 aromatic carbocycles. The molecular weight excluding hydrogens is 134 g/mol. The molecule has 0 aromatic rings. The monoisotopic (exact) mass is 159 g/mol. The van der Waals surface area contributed by atoms with Crippen LogP contribution < -0.4 is 5.32 Å². The number of nitrogens with one attached hydrogen (secondary N) is 1. The van der Waals surface area contributed by atoms with E-state index in [1.54, 1.807) is 0 Å². The Hall–Kier alpha value is -0.0400.